The molecule has 5 rings (SSSR count). The van der Waals surface area contributed by atoms with E-state index in [1.54, 1.807) is 36.8 Å². The van der Waals surface area contributed by atoms with Crippen LogP contribution in [-0.4, -0.2) is 19.7 Å². The Morgan fingerprint density at radius 2 is 1.86 bits per heavy atom. The summed E-state index contributed by atoms with van der Waals surface area (Å²) in [7, 11) is 0. The maximum Gasteiger partial charge on any atom is 0.209 e. The van der Waals surface area contributed by atoms with E-state index >= 15 is 0 Å². The van der Waals surface area contributed by atoms with Gasteiger partial charge in [-0.1, -0.05) is 17.7 Å². The minimum absolute atomic E-state index is 0.161. The fourth-order valence-electron chi connectivity index (χ4n) is 3.60. The van der Waals surface area contributed by atoms with E-state index in [1.165, 1.54) is 0 Å². The van der Waals surface area contributed by atoms with E-state index in [1.807, 2.05) is 51.6 Å². The molecule has 0 saturated carbocycles. The second-order valence-electron chi connectivity index (χ2n) is 6.63. The van der Waals surface area contributed by atoms with Crippen molar-refractivity contribution in [3.05, 3.63) is 101 Å². The maximum atomic E-state index is 13.3. The van der Waals surface area contributed by atoms with Crippen LogP contribution in [-0.2, 0) is 0 Å². The van der Waals surface area contributed by atoms with Crippen molar-refractivity contribution in [2.45, 2.75) is 0 Å². The van der Waals surface area contributed by atoms with Gasteiger partial charge in [-0.25, -0.2) is 4.98 Å². The number of carbonyl (C=O) groups is 1. The number of halogens is 1. The first kappa shape index (κ1) is 17.2. The lowest BCUT2D eigenvalue weighted by Gasteiger charge is -2.09. The second kappa shape index (κ2) is 6.62. The predicted octanol–water partition coefficient (Wildman–Crippen LogP) is 5.03. The van der Waals surface area contributed by atoms with Crippen LogP contribution in [0.4, 0.5) is 0 Å². The lowest BCUT2D eigenvalue weighted by atomic mass is 10.1. The van der Waals surface area contributed by atoms with Crippen LogP contribution < -0.4 is 0 Å². The molecule has 0 aliphatic rings. The summed E-state index contributed by atoms with van der Waals surface area (Å²) in [5, 5.41) is 11.0. The molecule has 0 aliphatic carbocycles. The minimum atomic E-state index is -0.161. The Balaban J connectivity index is 1.69. The van der Waals surface area contributed by atoms with Crippen LogP contribution in [0.25, 0.3) is 22.1 Å². The molecule has 0 amide bonds. The van der Waals surface area contributed by atoms with Crippen LogP contribution in [0.3, 0.4) is 0 Å². The first-order valence-corrected chi connectivity index (χ1v) is 9.31. The molecule has 0 saturated heterocycles. The van der Waals surface area contributed by atoms with Crippen molar-refractivity contribution in [1.82, 2.24) is 14.0 Å². The van der Waals surface area contributed by atoms with Gasteiger partial charge in [0.05, 0.1) is 28.6 Å². The number of nitrogens with zero attached hydrogens (tertiary/aromatic N) is 4. The molecule has 0 bridgehead atoms. The van der Waals surface area contributed by atoms with Gasteiger partial charge in [-0.3, -0.25) is 4.79 Å². The third kappa shape index (κ3) is 2.70. The van der Waals surface area contributed by atoms with E-state index in [0.29, 0.717) is 27.4 Å². The number of nitriles is 1. The average molecular weight is 397 g/mol. The van der Waals surface area contributed by atoms with Gasteiger partial charge in [-0.2, -0.15) is 5.26 Å². The number of pyridine rings is 1. The van der Waals surface area contributed by atoms with Gasteiger partial charge in [0.2, 0.25) is 5.78 Å². The Morgan fingerprint density at radius 1 is 1.03 bits per heavy atom. The molecule has 0 atom stereocenters. The largest absolute Gasteiger partial charge is 0.306 e. The highest BCUT2D eigenvalue weighted by Gasteiger charge is 2.19. The van der Waals surface area contributed by atoms with Crippen LogP contribution in [0.15, 0.2) is 79.4 Å². The minimum Gasteiger partial charge on any atom is -0.306 e. The van der Waals surface area contributed by atoms with Crippen molar-refractivity contribution in [2.24, 2.45) is 0 Å². The van der Waals surface area contributed by atoms with Crippen molar-refractivity contribution in [3.8, 4) is 11.8 Å². The number of benzene rings is 2. The molecule has 29 heavy (non-hydrogen) atoms. The van der Waals surface area contributed by atoms with Gasteiger partial charge in [0, 0.05) is 34.1 Å². The highest BCUT2D eigenvalue weighted by molar-refractivity contribution is 6.35. The van der Waals surface area contributed by atoms with Crippen LogP contribution in [0.5, 0.6) is 0 Å². The zero-order valence-corrected chi connectivity index (χ0v) is 15.8. The predicted molar refractivity (Wildman–Crippen MR) is 112 cm³/mol. The second-order valence-corrected chi connectivity index (χ2v) is 7.03. The van der Waals surface area contributed by atoms with E-state index < -0.39 is 0 Å². The first-order chi connectivity index (χ1) is 14.2. The third-order valence-corrected chi connectivity index (χ3v) is 5.33. The first-order valence-electron chi connectivity index (χ1n) is 8.93. The maximum absolute atomic E-state index is 13.3. The zero-order valence-electron chi connectivity index (χ0n) is 15.1. The topological polar surface area (TPSA) is 63.1 Å². The molecule has 6 heteroatoms. The van der Waals surface area contributed by atoms with Gasteiger partial charge in [0.25, 0.3) is 0 Å². The van der Waals surface area contributed by atoms with Gasteiger partial charge >= 0.3 is 0 Å². The molecular weight excluding hydrogens is 384 g/mol. The van der Waals surface area contributed by atoms with Crippen LogP contribution in [0.2, 0.25) is 5.02 Å². The van der Waals surface area contributed by atoms with Gasteiger partial charge in [-0.05, 0) is 54.6 Å². The van der Waals surface area contributed by atoms with E-state index in [4.69, 9.17) is 11.6 Å². The van der Waals surface area contributed by atoms with Gasteiger partial charge < -0.3 is 8.97 Å². The summed E-state index contributed by atoms with van der Waals surface area (Å²) in [5.41, 5.74) is 3.80. The van der Waals surface area contributed by atoms with Crippen LogP contribution in [0.1, 0.15) is 21.6 Å². The fraction of sp³-hybridized carbons (Fsp3) is 0. The summed E-state index contributed by atoms with van der Waals surface area (Å²) in [6.45, 7) is 0. The van der Waals surface area contributed by atoms with Gasteiger partial charge in [-0.15, -0.1) is 0 Å². The number of ketones is 1. The van der Waals surface area contributed by atoms with E-state index in [0.717, 1.165) is 16.6 Å². The molecule has 0 N–H and O–H groups in total. The quantitative estimate of drug-likeness (QED) is 0.401. The lowest BCUT2D eigenvalue weighted by molar-refractivity contribution is 0.103. The molecule has 0 aliphatic heterocycles. The normalized spacial score (nSPS) is 11.0. The molecule has 138 valence electrons. The van der Waals surface area contributed by atoms with Crippen molar-refractivity contribution < 1.29 is 4.79 Å². The molecule has 2 aromatic carbocycles. The summed E-state index contributed by atoms with van der Waals surface area (Å²) in [4.78, 5) is 17.4. The number of fused-ring (bicyclic) bond motifs is 3. The number of imidazole rings is 1. The lowest BCUT2D eigenvalue weighted by Crippen LogP contribution is -2.06. The number of carbonyl (C=O) groups excluding carboxylic acids is 1. The Bertz CT molecular complexity index is 1420. The van der Waals surface area contributed by atoms with Gasteiger partial charge in [0.1, 0.15) is 6.07 Å². The number of rotatable bonds is 3. The third-order valence-electron chi connectivity index (χ3n) is 5.00. The molecule has 3 aromatic heterocycles. The number of hydrogen-bond acceptors (Lipinski definition) is 3. The van der Waals surface area contributed by atoms with E-state index in [9.17, 15) is 10.1 Å². The molecule has 0 spiro atoms. The van der Waals surface area contributed by atoms with E-state index in [2.05, 4.69) is 11.1 Å². The molecule has 0 radical (unpaired) electrons. The van der Waals surface area contributed by atoms with Crippen molar-refractivity contribution >= 4 is 33.8 Å². The number of aromatic nitrogens is 3. The summed E-state index contributed by atoms with van der Waals surface area (Å²) in [5.74, 6) is -0.161. The standard InChI is InChI=1S/C23H13ClN4O/c24-19-2-1-3-21-18(19)8-9-20-16(13-25)12-22(28(20)21)23(29)15-4-6-17(7-5-15)27-11-10-26-14-27/h1-12,14H. The van der Waals surface area contributed by atoms with Crippen molar-refractivity contribution in [3.63, 3.8) is 0 Å². The Hall–Kier alpha value is -3.88. The Morgan fingerprint density at radius 3 is 2.59 bits per heavy atom. The molecule has 0 fully saturated rings. The summed E-state index contributed by atoms with van der Waals surface area (Å²) in [6.07, 6.45) is 5.24. The summed E-state index contributed by atoms with van der Waals surface area (Å²) >= 11 is 6.34. The SMILES string of the molecule is N#Cc1cc(C(=O)c2ccc(-n3ccnc3)cc2)n2c1ccc1c(Cl)cccc12. The fourth-order valence-corrected chi connectivity index (χ4v) is 3.83. The zero-order chi connectivity index (χ0) is 20.0. The molecule has 0 unspecified atom stereocenters. The Labute approximate surface area is 171 Å². The molecular formula is C23H13ClN4O. The number of hydrogen-bond donors (Lipinski definition) is 0. The summed E-state index contributed by atoms with van der Waals surface area (Å²) < 4.78 is 3.68. The highest BCUT2D eigenvalue weighted by Crippen LogP contribution is 2.29. The van der Waals surface area contributed by atoms with Crippen LogP contribution in [0, 0.1) is 11.3 Å². The Kier molecular flexibility index (Phi) is 3.94. The van der Waals surface area contributed by atoms with Crippen LogP contribution >= 0.6 is 11.6 Å². The van der Waals surface area contributed by atoms with Crippen molar-refractivity contribution in [2.75, 3.05) is 0 Å². The molecule has 5 nitrogen and oxygen atoms in total. The highest BCUT2D eigenvalue weighted by atomic mass is 35.5. The smallest absolute Gasteiger partial charge is 0.209 e. The average Bonchev–Trinajstić information content (AvgIpc) is 3.42. The molecule has 5 aromatic rings. The summed E-state index contributed by atoms with van der Waals surface area (Å²) in [6, 6.07) is 20.4. The van der Waals surface area contributed by atoms with E-state index in [-0.39, 0.29) is 5.78 Å². The van der Waals surface area contributed by atoms with Crippen molar-refractivity contribution in [1.29, 1.82) is 5.26 Å². The molecule has 3 heterocycles. The van der Waals surface area contributed by atoms with Gasteiger partial charge in [0.15, 0.2) is 0 Å². The monoisotopic (exact) mass is 396 g/mol.